The van der Waals surface area contributed by atoms with E-state index in [9.17, 15) is 0 Å². The van der Waals surface area contributed by atoms with Gasteiger partial charge >= 0.3 is 0 Å². The number of fused-ring (bicyclic) bond motifs is 2. The molecule has 0 bridgehead atoms. The minimum atomic E-state index is 0.812. The lowest BCUT2D eigenvalue weighted by molar-refractivity contribution is 0.0697. The molecule has 2 aliphatic heterocycles. The van der Waals surface area contributed by atoms with Crippen molar-refractivity contribution in [1.82, 2.24) is 19.9 Å². The van der Waals surface area contributed by atoms with Gasteiger partial charge in [0.1, 0.15) is 17.8 Å². The molecule has 0 radical (unpaired) electrons. The van der Waals surface area contributed by atoms with E-state index >= 15 is 0 Å². The third-order valence-electron chi connectivity index (χ3n) is 5.76. The zero-order valence-electron chi connectivity index (χ0n) is 12.9. The Kier molecular flexibility index (Phi) is 2.90. The van der Waals surface area contributed by atoms with Gasteiger partial charge in [-0.25, -0.2) is 9.97 Å². The van der Waals surface area contributed by atoms with Gasteiger partial charge in [0.2, 0.25) is 0 Å². The highest BCUT2D eigenvalue weighted by atomic mass is 15.3. The molecule has 4 heterocycles. The molecule has 2 aromatic rings. The van der Waals surface area contributed by atoms with Gasteiger partial charge in [0.15, 0.2) is 0 Å². The zero-order valence-corrected chi connectivity index (χ0v) is 12.9. The highest BCUT2D eigenvalue weighted by Gasteiger charge is 2.42. The van der Waals surface area contributed by atoms with Gasteiger partial charge in [0, 0.05) is 31.4 Å². The number of rotatable bonds is 2. The molecule has 3 aliphatic rings. The van der Waals surface area contributed by atoms with E-state index in [-0.39, 0.29) is 0 Å². The van der Waals surface area contributed by atoms with Crippen LogP contribution in [0.25, 0.3) is 11.0 Å². The Bertz CT molecular complexity index is 676. The molecule has 1 saturated carbocycles. The molecule has 5 heteroatoms. The fraction of sp³-hybridized carbons (Fsp3) is 0.647. The first-order valence-corrected chi connectivity index (χ1v) is 8.69. The normalized spacial score (nSPS) is 29.7. The van der Waals surface area contributed by atoms with Gasteiger partial charge in [-0.1, -0.05) is 0 Å². The molecule has 0 amide bonds. The van der Waals surface area contributed by atoms with Crippen LogP contribution in [0.3, 0.4) is 0 Å². The van der Waals surface area contributed by atoms with Gasteiger partial charge in [0.05, 0.1) is 5.39 Å². The van der Waals surface area contributed by atoms with Crippen LogP contribution in [0.1, 0.15) is 32.1 Å². The number of nitrogens with one attached hydrogen (secondary N) is 1. The van der Waals surface area contributed by atoms with Crippen molar-refractivity contribution in [2.75, 3.05) is 24.5 Å². The lowest BCUT2D eigenvalue weighted by atomic mass is 9.83. The molecule has 3 fully saturated rings. The van der Waals surface area contributed by atoms with Crippen molar-refractivity contribution < 1.29 is 0 Å². The summed E-state index contributed by atoms with van der Waals surface area (Å²) in [6.45, 7) is 3.62. The summed E-state index contributed by atoms with van der Waals surface area (Å²) in [5.41, 5.74) is 0.954. The van der Waals surface area contributed by atoms with Crippen molar-refractivity contribution in [1.29, 1.82) is 0 Å². The second kappa shape index (κ2) is 4.95. The van der Waals surface area contributed by atoms with E-state index in [1.54, 1.807) is 6.33 Å². The number of H-pyrrole nitrogens is 1. The first kappa shape index (κ1) is 12.9. The maximum absolute atomic E-state index is 4.59. The second-order valence-corrected chi connectivity index (χ2v) is 7.11. The molecule has 2 unspecified atom stereocenters. The predicted octanol–water partition coefficient (Wildman–Crippen LogP) is 2.41. The average molecular weight is 297 g/mol. The fourth-order valence-corrected chi connectivity index (χ4v) is 4.60. The second-order valence-electron chi connectivity index (χ2n) is 7.11. The lowest BCUT2D eigenvalue weighted by Crippen LogP contribution is -2.54. The van der Waals surface area contributed by atoms with E-state index in [2.05, 4.69) is 30.8 Å². The molecule has 2 aromatic heterocycles. The summed E-state index contributed by atoms with van der Waals surface area (Å²) in [4.78, 5) is 17.4. The van der Waals surface area contributed by atoms with Crippen molar-refractivity contribution in [2.24, 2.45) is 5.92 Å². The van der Waals surface area contributed by atoms with Gasteiger partial charge in [-0.05, 0) is 50.6 Å². The smallest absolute Gasteiger partial charge is 0.142 e. The Labute approximate surface area is 130 Å². The number of piperidine rings is 2. The number of hydrogen-bond acceptors (Lipinski definition) is 4. The van der Waals surface area contributed by atoms with Crippen LogP contribution >= 0.6 is 0 Å². The minimum absolute atomic E-state index is 0.812. The van der Waals surface area contributed by atoms with E-state index in [1.807, 2.05) is 6.20 Å². The predicted molar refractivity (Wildman–Crippen MR) is 87.0 cm³/mol. The topological polar surface area (TPSA) is 48.1 Å². The fourth-order valence-electron chi connectivity index (χ4n) is 4.60. The molecular weight excluding hydrogens is 274 g/mol. The first-order chi connectivity index (χ1) is 10.9. The third-order valence-corrected chi connectivity index (χ3v) is 5.76. The number of nitrogens with zero attached hydrogens (tertiary/aromatic N) is 4. The molecule has 2 saturated heterocycles. The Morgan fingerprint density at radius 3 is 2.95 bits per heavy atom. The highest BCUT2D eigenvalue weighted by Crippen LogP contribution is 2.39. The van der Waals surface area contributed by atoms with Gasteiger partial charge in [-0.2, -0.15) is 0 Å². The van der Waals surface area contributed by atoms with Crippen molar-refractivity contribution in [3.8, 4) is 0 Å². The van der Waals surface area contributed by atoms with Gasteiger partial charge in [-0.15, -0.1) is 0 Å². The summed E-state index contributed by atoms with van der Waals surface area (Å²) in [5, 5.41) is 1.16. The summed E-state index contributed by atoms with van der Waals surface area (Å²) in [5.74, 6) is 1.93. The number of likely N-dealkylation sites (tertiary alicyclic amines) is 1. The molecule has 0 spiro atoms. The molecular formula is C17H23N5. The molecule has 22 heavy (non-hydrogen) atoms. The SMILES string of the molecule is c1nc(N2CCC3C(CCCN3C3CC3)C2)c2cc[nH]c2n1. The largest absolute Gasteiger partial charge is 0.356 e. The van der Waals surface area contributed by atoms with Crippen LogP contribution in [0.2, 0.25) is 0 Å². The zero-order chi connectivity index (χ0) is 14.5. The number of aromatic amines is 1. The van der Waals surface area contributed by atoms with Crippen molar-refractivity contribution in [3.05, 3.63) is 18.6 Å². The van der Waals surface area contributed by atoms with Crippen LogP contribution in [0.5, 0.6) is 0 Å². The highest BCUT2D eigenvalue weighted by molar-refractivity contribution is 5.87. The van der Waals surface area contributed by atoms with Crippen LogP contribution in [0.4, 0.5) is 5.82 Å². The summed E-state index contributed by atoms with van der Waals surface area (Å²) in [7, 11) is 0. The molecule has 0 aromatic carbocycles. The van der Waals surface area contributed by atoms with Gasteiger partial charge in [-0.3, -0.25) is 4.90 Å². The summed E-state index contributed by atoms with van der Waals surface area (Å²) in [6.07, 6.45) is 10.6. The van der Waals surface area contributed by atoms with Crippen LogP contribution < -0.4 is 4.90 Å². The first-order valence-electron chi connectivity index (χ1n) is 8.69. The molecule has 116 valence electrons. The molecule has 2 atom stereocenters. The molecule has 1 aliphatic carbocycles. The van der Waals surface area contributed by atoms with Crippen molar-refractivity contribution in [3.63, 3.8) is 0 Å². The molecule has 5 nitrogen and oxygen atoms in total. The quantitative estimate of drug-likeness (QED) is 0.925. The standard InChI is InChI=1S/C17H23N5/c1-2-12-10-21(9-6-15(12)22(8-1)13-3-4-13)17-14-5-7-18-16(14)19-11-20-17/h5,7,11-13,15H,1-4,6,8-10H2,(H,18,19,20). The summed E-state index contributed by atoms with van der Waals surface area (Å²) in [6, 6.07) is 3.84. The van der Waals surface area contributed by atoms with E-state index in [4.69, 9.17) is 0 Å². The number of aromatic nitrogens is 3. The van der Waals surface area contributed by atoms with Crippen molar-refractivity contribution in [2.45, 2.75) is 44.2 Å². The molecule has 5 rings (SSSR count). The van der Waals surface area contributed by atoms with Gasteiger partial charge in [0.25, 0.3) is 0 Å². The van der Waals surface area contributed by atoms with Crippen LogP contribution in [-0.4, -0.2) is 51.6 Å². The monoisotopic (exact) mass is 297 g/mol. The number of hydrogen-bond donors (Lipinski definition) is 1. The number of anilines is 1. The van der Waals surface area contributed by atoms with E-state index in [0.717, 1.165) is 47.9 Å². The van der Waals surface area contributed by atoms with Crippen LogP contribution in [0, 0.1) is 5.92 Å². The van der Waals surface area contributed by atoms with E-state index < -0.39 is 0 Å². The maximum Gasteiger partial charge on any atom is 0.142 e. The van der Waals surface area contributed by atoms with E-state index in [0.29, 0.717) is 0 Å². The van der Waals surface area contributed by atoms with E-state index in [1.165, 1.54) is 38.6 Å². The van der Waals surface area contributed by atoms with Crippen LogP contribution in [0.15, 0.2) is 18.6 Å². The van der Waals surface area contributed by atoms with Crippen molar-refractivity contribution >= 4 is 16.9 Å². The summed E-state index contributed by atoms with van der Waals surface area (Å²) >= 11 is 0. The summed E-state index contributed by atoms with van der Waals surface area (Å²) < 4.78 is 0. The Morgan fingerprint density at radius 1 is 1.09 bits per heavy atom. The maximum atomic E-state index is 4.59. The molecule has 1 N–H and O–H groups in total. The van der Waals surface area contributed by atoms with Gasteiger partial charge < -0.3 is 9.88 Å². The minimum Gasteiger partial charge on any atom is -0.356 e. The Balaban J connectivity index is 1.41. The lowest BCUT2D eigenvalue weighted by Gasteiger charge is -2.48. The Morgan fingerprint density at radius 2 is 2.05 bits per heavy atom. The Hall–Kier alpha value is -1.62. The third kappa shape index (κ3) is 2.02. The average Bonchev–Trinajstić information content (AvgIpc) is 3.30. The van der Waals surface area contributed by atoms with Crippen LogP contribution in [-0.2, 0) is 0 Å².